The van der Waals surface area contributed by atoms with E-state index in [0.29, 0.717) is 35.7 Å². The number of methoxy groups -OCH3 is 1. The van der Waals surface area contributed by atoms with Gasteiger partial charge in [-0.3, -0.25) is 14.3 Å². The highest BCUT2D eigenvalue weighted by molar-refractivity contribution is 7.89. The van der Waals surface area contributed by atoms with Crippen molar-refractivity contribution < 1.29 is 27.4 Å². The Kier molecular flexibility index (Phi) is 8.34. The van der Waals surface area contributed by atoms with Crippen LogP contribution in [0.5, 0.6) is 11.5 Å². The van der Waals surface area contributed by atoms with E-state index in [1.807, 2.05) is 10.6 Å². The first-order valence-corrected chi connectivity index (χ1v) is 14.1. The Bertz CT molecular complexity index is 1680. The van der Waals surface area contributed by atoms with Crippen molar-refractivity contribution in [1.29, 1.82) is 0 Å². The zero-order valence-electron chi connectivity index (χ0n) is 21.7. The number of benzene rings is 2. The number of carbonyl (C=O) groups is 1. The van der Waals surface area contributed by atoms with Crippen LogP contribution in [0.25, 0.3) is 10.9 Å². The predicted octanol–water partition coefficient (Wildman–Crippen LogP) is 1.98. The Morgan fingerprint density at radius 2 is 1.95 bits per heavy atom. The molecule has 2 aromatic heterocycles. The highest BCUT2D eigenvalue weighted by atomic mass is 32.2. The maximum atomic E-state index is 12.8. The number of sulfonamides is 1. The van der Waals surface area contributed by atoms with Crippen molar-refractivity contribution in [3.8, 4) is 11.5 Å². The fourth-order valence-corrected chi connectivity index (χ4v) is 5.27. The summed E-state index contributed by atoms with van der Waals surface area (Å²) in [6, 6.07) is 15.1. The summed E-state index contributed by atoms with van der Waals surface area (Å²) >= 11 is 0. The first kappa shape index (κ1) is 27.2. The van der Waals surface area contributed by atoms with E-state index in [-0.39, 0.29) is 36.9 Å². The van der Waals surface area contributed by atoms with Gasteiger partial charge >= 0.3 is 0 Å². The molecular formula is C27H28N6O6S. The summed E-state index contributed by atoms with van der Waals surface area (Å²) < 4.78 is 46.0. The summed E-state index contributed by atoms with van der Waals surface area (Å²) in [6.45, 7) is 2.00. The van der Waals surface area contributed by atoms with Crippen LogP contribution >= 0.6 is 0 Å². The molecule has 0 fully saturated rings. The number of hydrogen-bond donors (Lipinski definition) is 2. The van der Waals surface area contributed by atoms with E-state index in [4.69, 9.17) is 14.2 Å². The largest absolute Gasteiger partial charge is 0.491 e. The summed E-state index contributed by atoms with van der Waals surface area (Å²) in [6.07, 6.45) is 3.05. The molecule has 1 aliphatic rings. The lowest BCUT2D eigenvalue weighted by Crippen LogP contribution is -2.27. The number of pyridine rings is 1. The minimum absolute atomic E-state index is 0.125. The molecule has 0 aliphatic carbocycles. The average Bonchev–Trinajstić information content (AvgIpc) is 3.48. The number of ether oxygens (including phenoxy) is 3. The first-order valence-electron chi connectivity index (χ1n) is 12.6. The van der Waals surface area contributed by atoms with Gasteiger partial charge in [-0.05, 0) is 36.4 Å². The number of nitrogens with one attached hydrogen (secondary N) is 2. The first-order chi connectivity index (χ1) is 19.5. The Morgan fingerprint density at radius 3 is 2.73 bits per heavy atom. The molecule has 12 nitrogen and oxygen atoms in total. The summed E-state index contributed by atoms with van der Waals surface area (Å²) in [5, 5.41) is 4.14. The Balaban J connectivity index is 1.26. The molecule has 1 amide bonds. The molecule has 3 heterocycles. The van der Waals surface area contributed by atoms with Crippen LogP contribution in [0.1, 0.15) is 10.4 Å². The SMILES string of the molecule is COc1c(OCCOCCNS(=O)(=O)c2ccccc2)ccc2c3n(c(=NC(=O)c4cccnc4)nc12)CCN3. The van der Waals surface area contributed by atoms with E-state index in [1.165, 1.54) is 25.4 Å². The third-order valence-electron chi connectivity index (χ3n) is 6.09. The third-order valence-corrected chi connectivity index (χ3v) is 7.57. The minimum atomic E-state index is -3.58. The predicted molar refractivity (Wildman–Crippen MR) is 147 cm³/mol. The maximum Gasteiger partial charge on any atom is 0.281 e. The molecule has 40 heavy (non-hydrogen) atoms. The minimum Gasteiger partial charge on any atom is -0.491 e. The van der Waals surface area contributed by atoms with E-state index < -0.39 is 15.9 Å². The van der Waals surface area contributed by atoms with E-state index in [1.54, 1.807) is 42.6 Å². The Morgan fingerprint density at radius 1 is 1.10 bits per heavy atom. The highest BCUT2D eigenvalue weighted by Gasteiger charge is 2.21. The fourth-order valence-electron chi connectivity index (χ4n) is 4.23. The van der Waals surface area contributed by atoms with Gasteiger partial charge in [0.25, 0.3) is 5.91 Å². The van der Waals surface area contributed by atoms with E-state index >= 15 is 0 Å². The lowest BCUT2D eigenvalue weighted by molar-refractivity contribution is 0.0996. The van der Waals surface area contributed by atoms with Gasteiger partial charge in [0.15, 0.2) is 11.5 Å². The van der Waals surface area contributed by atoms with Gasteiger partial charge in [0.05, 0.1) is 30.8 Å². The third kappa shape index (κ3) is 5.96. The normalized spacial score (nSPS) is 13.2. The Hall–Kier alpha value is -4.33. The number of anilines is 1. The molecule has 0 saturated heterocycles. The molecule has 1 aliphatic heterocycles. The van der Waals surface area contributed by atoms with Gasteiger partial charge in [-0.15, -0.1) is 0 Å². The molecule has 5 rings (SSSR count). The summed E-state index contributed by atoms with van der Waals surface area (Å²) in [7, 11) is -2.06. The van der Waals surface area contributed by atoms with Crippen LogP contribution in [0.4, 0.5) is 5.82 Å². The molecule has 4 aromatic rings. The number of nitrogens with zero attached hydrogens (tertiary/aromatic N) is 4. The van der Waals surface area contributed by atoms with Crippen LogP contribution in [-0.2, 0) is 21.3 Å². The van der Waals surface area contributed by atoms with Crippen LogP contribution in [0.15, 0.2) is 76.9 Å². The summed E-state index contributed by atoms with van der Waals surface area (Å²) in [5.74, 6) is 1.18. The van der Waals surface area contributed by atoms with E-state index in [9.17, 15) is 13.2 Å². The van der Waals surface area contributed by atoms with Crippen LogP contribution in [-0.4, -0.2) is 68.9 Å². The molecule has 0 unspecified atom stereocenters. The lowest BCUT2D eigenvalue weighted by Gasteiger charge is -2.15. The second-order valence-corrected chi connectivity index (χ2v) is 10.4. The van der Waals surface area contributed by atoms with Gasteiger partial charge in [-0.25, -0.2) is 18.1 Å². The van der Waals surface area contributed by atoms with Crippen LogP contribution < -0.4 is 25.1 Å². The number of rotatable bonds is 11. The molecule has 0 bridgehead atoms. The summed E-state index contributed by atoms with van der Waals surface area (Å²) in [5.41, 5.74) is 1.11. The molecular weight excluding hydrogens is 536 g/mol. The van der Waals surface area contributed by atoms with Gasteiger partial charge < -0.3 is 19.5 Å². The van der Waals surface area contributed by atoms with Crippen LogP contribution in [0.2, 0.25) is 0 Å². The average molecular weight is 565 g/mol. The van der Waals surface area contributed by atoms with Gasteiger partial charge in [0.2, 0.25) is 15.6 Å². The molecule has 0 saturated carbocycles. The molecule has 0 spiro atoms. The number of hydrogen-bond acceptors (Lipinski definition) is 9. The zero-order valence-corrected chi connectivity index (χ0v) is 22.6. The highest BCUT2D eigenvalue weighted by Crippen LogP contribution is 2.37. The second-order valence-electron chi connectivity index (χ2n) is 8.66. The van der Waals surface area contributed by atoms with Gasteiger partial charge in [0, 0.05) is 37.4 Å². The zero-order chi connectivity index (χ0) is 28.0. The second kappa shape index (κ2) is 12.2. The van der Waals surface area contributed by atoms with Crippen LogP contribution in [0.3, 0.4) is 0 Å². The van der Waals surface area contributed by atoms with Gasteiger partial charge in [-0.2, -0.15) is 4.99 Å². The van der Waals surface area contributed by atoms with Crippen molar-refractivity contribution in [2.24, 2.45) is 4.99 Å². The number of carbonyl (C=O) groups excluding carboxylic acids is 1. The lowest BCUT2D eigenvalue weighted by atomic mass is 10.2. The van der Waals surface area contributed by atoms with Crippen molar-refractivity contribution in [3.05, 3.63) is 78.2 Å². The Labute approximate surface area is 230 Å². The van der Waals surface area contributed by atoms with E-state index in [0.717, 1.165) is 11.2 Å². The molecule has 0 atom stereocenters. The fraction of sp³-hybridized carbons (Fsp3) is 0.259. The number of amides is 1. The van der Waals surface area contributed by atoms with Crippen molar-refractivity contribution in [1.82, 2.24) is 19.3 Å². The smallest absolute Gasteiger partial charge is 0.281 e. The molecule has 208 valence electrons. The van der Waals surface area contributed by atoms with E-state index in [2.05, 4.69) is 25.0 Å². The monoisotopic (exact) mass is 564 g/mol. The molecule has 2 N–H and O–H groups in total. The topological polar surface area (TPSA) is 146 Å². The van der Waals surface area contributed by atoms with Gasteiger partial charge in [-0.1, -0.05) is 18.2 Å². The van der Waals surface area contributed by atoms with Crippen molar-refractivity contribution in [2.75, 3.05) is 45.3 Å². The van der Waals surface area contributed by atoms with Crippen molar-refractivity contribution >= 4 is 32.7 Å². The van der Waals surface area contributed by atoms with Crippen molar-refractivity contribution in [3.63, 3.8) is 0 Å². The number of fused-ring (bicyclic) bond motifs is 3. The van der Waals surface area contributed by atoms with Crippen LogP contribution in [0, 0.1) is 0 Å². The summed E-state index contributed by atoms with van der Waals surface area (Å²) in [4.78, 5) is 25.9. The van der Waals surface area contributed by atoms with Crippen molar-refractivity contribution in [2.45, 2.75) is 11.4 Å². The standard InChI is InChI=1S/C27H28N6O6S/c1-37-24-22(39-17-16-38-15-13-30-40(35,36)20-7-3-2-4-8-20)10-9-21-23(24)31-27(33-14-12-29-25(21)33)32-26(34)19-6-5-11-28-18-19/h2-11,18,29-30H,12-17H2,1H3. The molecule has 0 radical (unpaired) electrons. The van der Waals surface area contributed by atoms with Gasteiger partial charge in [0.1, 0.15) is 17.9 Å². The maximum absolute atomic E-state index is 12.8. The molecule has 13 heteroatoms. The molecule has 2 aromatic carbocycles. The quantitative estimate of drug-likeness (QED) is 0.261. The number of aromatic nitrogens is 3.